The molecule has 0 aliphatic carbocycles. The van der Waals surface area contributed by atoms with E-state index in [1.165, 1.54) is 24.0 Å². The van der Waals surface area contributed by atoms with Gasteiger partial charge >= 0.3 is 5.63 Å². The number of hydrogen-bond donors (Lipinski definition) is 1. The van der Waals surface area contributed by atoms with Crippen molar-refractivity contribution in [3.63, 3.8) is 0 Å². The molecule has 1 aromatic heterocycles. The molecular weight excluding hydrogens is 256 g/mol. The number of carbonyl (C=O) groups excluding carboxylic acids is 1. The van der Waals surface area contributed by atoms with E-state index in [2.05, 4.69) is 0 Å². The van der Waals surface area contributed by atoms with Crippen LogP contribution in [0.2, 0.25) is 0 Å². The highest BCUT2D eigenvalue weighted by Gasteiger charge is 2.23. The first-order chi connectivity index (χ1) is 9.65. The van der Waals surface area contributed by atoms with E-state index in [0.29, 0.717) is 24.3 Å². The van der Waals surface area contributed by atoms with Crippen LogP contribution < -0.4 is 11.4 Å². The molecule has 0 fully saturated rings. The Kier molecular flexibility index (Phi) is 3.02. The van der Waals surface area contributed by atoms with Crippen molar-refractivity contribution in [3.05, 3.63) is 63.7 Å². The lowest BCUT2D eigenvalue weighted by Crippen LogP contribution is -2.36. The monoisotopic (exact) mass is 270 g/mol. The van der Waals surface area contributed by atoms with Gasteiger partial charge in [0.1, 0.15) is 6.26 Å². The molecule has 5 nitrogen and oxygen atoms in total. The Morgan fingerprint density at radius 2 is 2.10 bits per heavy atom. The molecule has 2 N–H and O–H groups in total. The van der Waals surface area contributed by atoms with E-state index in [1.807, 2.05) is 18.2 Å². The fourth-order valence-electron chi connectivity index (χ4n) is 2.44. The molecule has 2 aromatic rings. The lowest BCUT2D eigenvalue weighted by Gasteiger charge is -2.29. The van der Waals surface area contributed by atoms with Gasteiger partial charge in [-0.1, -0.05) is 12.1 Å². The van der Waals surface area contributed by atoms with Crippen molar-refractivity contribution in [2.75, 3.05) is 12.3 Å². The SMILES string of the molecule is Nc1cccc2c1CN(C(=O)c1ccc(=O)oc1)CC2. The Labute approximate surface area is 115 Å². The van der Waals surface area contributed by atoms with Crippen LogP contribution in [0.3, 0.4) is 0 Å². The normalized spacial score (nSPS) is 13.9. The minimum atomic E-state index is -0.463. The van der Waals surface area contributed by atoms with E-state index in [1.54, 1.807) is 4.90 Å². The third kappa shape index (κ3) is 2.18. The Morgan fingerprint density at radius 3 is 2.85 bits per heavy atom. The summed E-state index contributed by atoms with van der Waals surface area (Å²) in [7, 11) is 0. The van der Waals surface area contributed by atoms with Crippen LogP contribution in [0.5, 0.6) is 0 Å². The standard InChI is InChI=1S/C15H14N2O3/c16-13-3-1-2-10-6-7-17(8-12(10)13)15(19)11-4-5-14(18)20-9-11/h1-5,9H,6-8,16H2. The molecule has 0 unspecified atom stereocenters. The van der Waals surface area contributed by atoms with Gasteiger partial charge in [0, 0.05) is 24.8 Å². The Morgan fingerprint density at radius 1 is 1.25 bits per heavy atom. The van der Waals surface area contributed by atoms with Gasteiger partial charge in [-0.25, -0.2) is 4.79 Å². The molecular formula is C15H14N2O3. The maximum Gasteiger partial charge on any atom is 0.335 e. The number of fused-ring (bicyclic) bond motifs is 1. The number of anilines is 1. The third-order valence-electron chi connectivity index (χ3n) is 3.54. The van der Waals surface area contributed by atoms with Crippen molar-refractivity contribution in [1.82, 2.24) is 4.90 Å². The molecule has 0 saturated carbocycles. The molecule has 1 aliphatic heterocycles. The van der Waals surface area contributed by atoms with Crippen LogP contribution in [0.4, 0.5) is 5.69 Å². The third-order valence-corrected chi connectivity index (χ3v) is 3.54. The molecule has 102 valence electrons. The topological polar surface area (TPSA) is 76.5 Å². The number of nitrogens with two attached hydrogens (primary N) is 1. The van der Waals surface area contributed by atoms with Crippen LogP contribution >= 0.6 is 0 Å². The Hall–Kier alpha value is -2.56. The number of benzene rings is 1. The van der Waals surface area contributed by atoms with Gasteiger partial charge in [-0.15, -0.1) is 0 Å². The predicted octanol–water partition coefficient (Wildman–Crippen LogP) is 1.42. The van der Waals surface area contributed by atoms with Gasteiger partial charge in [-0.3, -0.25) is 4.79 Å². The second kappa shape index (κ2) is 4.85. The highest BCUT2D eigenvalue weighted by atomic mass is 16.4. The Bertz CT molecular complexity index is 701. The fraction of sp³-hybridized carbons (Fsp3) is 0.200. The average Bonchev–Trinajstić information content (AvgIpc) is 2.47. The van der Waals surface area contributed by atoms with Gasteiger partial charge in [0.2, 0.25) is 0 Å². The minimum Gasteiger partial charge on any atom is -0.430 e. The predicted molar refractivity (Wildman–Crippen MR) is 74.3 cm³/mol. The molecule has 2 heterocycles. The number of rotatable bonds is 1. The highest BCUT2D eigenvalue weighted by Crippen LogP contribution is 2.25. The van der Waals surface area contributed by atoms with E-state index in [-0.39, 0.29) is 5.91 Å². The molecule has 1 amide bonds. The average molecular weight is 270 g/mol. The number of amides is 1. The molecule has 3 rings (SSSR count). The van der Waals surface area contributed by atoms with E-state index in [4.69, 9.17) is 10.2 Å². The molecule has 0 saturated heterocycles. The number of nitrogen functional groups attached to an aromatic ring is 1. The van der Waals surface area contributed by atoms with Gasteiger partial charge in [0.05, 0.1) is 5.56 Å². The number of carbonyl (C=O) groups is 1. The van der Waals surface area contributed by atoms with Crippen LogP contribution in [-0.4, -0.2) is 17.4 Å². The summed E-state index contributed by atoms with van der Waals surface area (Å²) in [5.41, 5.74) is 8.78. The van der Waals surface area contributed by atoms with Crippen LogP contribution in [-0.2, 0) is 13.0 Å². The summed E-state index contributed by atoms with van der Waals surface area (Å²) in [6.45, 7) is 1.12. The van der Waals surface area contributed by atoms with Crippen molar-refractivity contribution in [1.29, 1.82) is 0 Å². The number of nitrogens with zero attached hydrogens (tertiary/aromatic N) is 1. The maximum absolute atomic E-state index is 12.4. The first kappa shape index (κ1) is 12.5. The zero-order valence-electron chi connectivity index (χ0n) is 10.8. The first-order valence-electron chi connectivity index (χ1n) is 6.39. The van der Waals surface area contributed by atoms with E-state index < -0.39 is 5.63 Å². The summed E-state index contributed by atoms with van der Waals surface area (Å²) in [5.74, 6) is -0.150. The molecule has 0 bridgehead atoms. The lowest BCUT2D eigenvalue weighted by molar-refractivity contribution is 0.0732. The van der Waals surface area contributed by atoms with E-state index in [0.717, 1.165) is 12.0 Å². The van der Waals surface area contributed by atoms with Gasteiger partial charge in [-0.2, -0.15) is 0 Å². The van der Waals surface area contributed by atoms with Crippen LogP contribution in [0.1, 0.15) is 21.5 Å². The summed E-state index contributed by atoms with van der Waals surface area (Å²) >= 11 is 0. The van der Waals surface area contributed by atoms with Crippen molar-refractivity contribution in [2.24, 2.45) is 0 Å². The highest BCUT2D eigenvalue weighted by molar-refractivity contribution is 5.94. The van der Waals surface area contributed by atoms with Crippen molar-refractivity contribution < 1.29 is 9.21 Å². The van der Waals surface area contributed by atoms with Crippen molar-refractivity contribution in [3.8, 4) is 0 Å². The lowest BCUT2D eigenvalue weighted by atomic mass is 9.98. The fourth-order valence-corrected chi connectivity index (χ4v) is 2.44. The van der Waals surface area contributed by atoms with Crippen molar-refractivity contribution >= 4 is 11.6 Å². The second-order valence-corrected chi connectivity index (χ2v) is 4.81. The summed E-state index contributed by atoms with van der Waals surface area (Å²) in [6, 6.07) is 8.54. The van der Waals surface area contributed by atoms with Gasteiger partial charge < -0.3 is 15.1 Å². The molecule has 5 heteroatoms. The Balaban J connectivity index is 1.86. The summed E-state index contributed by atoms with van der Waals surface area (Å²) in [4.78, 5) is 25.0. The summed E-state index contributed by atoms with van der Waals surface area (Å²) in [5, 5.41) is 0. The van der Waals surface area contributed by atoms with E-state index >= 15 is 0 Å². The molecule has 20 heavy (non-hydrogen) atoms. The van der Waals surface area contributed by atoms with Crippen molar-refractivity contribution in [2.45, 2.75) is 13.0 Å². The van der Waals surface area contributed by atoms with E-state index in [9.17, 15) is 9.59 Å². The largest absolute Gasteiger partial charge is 0.430 e. The molecule has 0 atom stereocenters. The first-order valence-corrected chi connectivity index (χ1v) is 6.39. The molecule has 0 radical (unpaired) electrons. The maximum atomic E-state index is 12.4. The summed E-state index contributed by atoms with van der Waals surface area (Å²) < 4.78 is 4.74. The zero-order chi connectivity index (χ0) is 14.1. The molecule has 1 aromatic carbocycles. The second-order valence-electron chi connectivity index (χ2n) is 4.81. The smallest absolute Gasteiger partial charge is 0.335 e. The minimum absolute atomic E-state index is 0.150. The van der Waals surface area contributed by atoms with Crippen LogP contribution in [0, 0.1) is 0 Å². The van der Waals surface area contributed by atoms with Gasteiger partial charge in [-0.05, 0) is 29.7 Å². The molecule has 1 aliphatic rings. The van der Waals surface area contributed by atoms with Crippen LogP contribution in [0.25, 0.3) is 0 Å². The van der Waals surface area contributed by atoms with Crippen LogP contribution in [0.15, 0.2) is 45.8 Å². The quantitative estimate of drug-likeness (QED) is 0.795. The summed E-state index contributed by atoms with van der Waals surface area (Å²) in [6.07, 6.45) is 1.98. The number of hydrogen-bond acceptors (Lipinski definition) is 4. The molecule has 0 spiro atoms. The zero-order valence-corrected chi connectivity index (χ0v) is 10.8. The van der Waals surface area contributed by atoms with Gasteiger partial charge in [0.15, 0.2) is 0 Å². The van der Waals surface area contributed by atoms with Gasteiger partial charge in [0.25, 0.3) is 5.91 Å².